The van der Waals surface area contributed by atoms with Crippen LogP contribution >= 0.6 is 0 Å². The molecule has 0 fully saturated rings. The molecule has 0 heterocycles. The molecule has 0 radical (unpaired) electrons. The normalized spacial score (nSPS) is 1.75. The largest absolute Gasteiger partial charge is 0.443 e. The van der Waals surface area contributed by atoms with E-state index in [9.17, 15) is 0 Å². The molecule has 4 heavy (non-hydrogen) atoms. The van der Waals surface area contributed by atoms with Crippen molar-refractivity contribution < 1.29 is 26.2 Å². The van der Waals surface area contributed by atoms with E-state index < -0.39 is 0 Å². The minimum Gasteiger partial charge on any atom is -0.443 e. The maximum atomic E-state index is 6.88. The summed E-state index contributed by atoms with van der Waals surface area (Å²) in [6, 6.07) is 0. The van der Waals surface area contributed by atoms with E-state index in [1.807, 2.05) is 0 Å². The molecule has 0 aliphatic carbocycles. The van der Waals surface area contributed by atoms with Crippen LogP contribution in [0, 0.1) is 11.5 Å². The van der Waals surface area contributed by atoms with E-state index in [1.165, 1.54) is 0 Å². The Kier molecular flexibility index (Phi) is 27.5. The third kappa shape index (κ3) is 4030. The van der Waals surface area contributed by atoms with E-state index in [-0.39, 0.29) is 21.1 Å². The fraction of sp³-hybridized carbons (Fsp3) is 0. The second-order valence-corrected chi connectivity index (χ2v) is 0.100. The average Bonchev–Trinajstić information content (AvgIpc) is 0.918. The minimum atomic E-state index is 0. The summed E-state index contributed by atoms with van der Waals surface area (Å²) in [4.78, 5) is 0. The van der Waals surface area contributed by atoms with Crippen LogP contribution in [0.5, 0.6) is 0 Å². The SMILES string of the molecule is N#CO.[Mo]. The van der Waals surface area contributed by atoms with E-state index in [0.29, 0.717) is 0 Å². The van der Waals surface area contributed by atoms with Crippen LogP contribution in [0.1, 0.15) is 0 Å². The van der Waals surface area contributed by atoms with E-state index >= 15 is 0 Å². The third-order valence-electron chi connectivity index (χ3n) is 0. The summed E-state index contributed by atoms with van der Waals surface area (Å²) in [5, 5.41) is 13.8. The number of aliphatic hydroxyl groups is 1. The summed E-state index contributed by atoms with van der Waals surface area (Å²) in [5.41, 5.74) is 0. The van der Waals surface area contributed by atoms with Crippen molar-refractivity contribution in [3.05, 3.63) is 0 Å². The number of nitrogens with zero attached hydrogens (tertiary/aromatic N) is 1. The van der Waals surface area contributed by atoms with Crippen LogP contribution in [0.25, 0.3) is 0 Å². The van der Waals surface area contributed by atoms with Gasteiger partial charge in [0, 0.05) is 21.1 Å². The van der Waals surface area contributed by atoms with Gasteiger partial charge in [-0.25, -0.2) is 0 Å². The molecule has 3 heteroatoms. The van der Waals surface area contributed by atoms with Gasteiger partial charge in [-0.3, -0.25) is 0 Å². The molecule has 0 aliphatic rings. The molecule has 0 atom stereocenters. The number of aliphatic hydroxyl groups excluding tert-OH is 1. The molecular weight excluding hydrogens is 138 g/mol. The van der Waals surface area contributed by atoms with Crippen molar-refractivity contribution in [3.63, 3.8) is 0 Å². The van der Waals surface area contributed by atoms with E-state index in [2.05, 4.69) is 0 Å². The molecule has 22 valence electrons. The van der Waals surface area contributed by atoms with Gasteiger partial charge < -0.3 is 5.11 Å². The minimum absolute atomic E-state index is 0. The number of hydrogen-bond acceptors (Lipinski definition) is 2. The van der Waals surface area contributed by atoms with Crippen molar-refractivity contribution in [1.82, 2.24) is 0 Å². The maximum Gasteiger partial charge on any atom is 0.283 e. The molecule has 0 unspecified atom stereocenters. The van der Waals surface area contributed by atoms with Gasteiger partial charge in [-0.1, -0.05) is 0 Å². The second-order valence-electron chi connectivity index (χ2n) is 0.100. The Balaban J connectivity index is 0. The Bertz CT molecular complexity index is 29.5. The summed E-state index contributed by atoms with van der Waals surface area (Å²) >= 11 is 0. The van der Waals surface area contributed by atoms with Gasteiger partial charge in [-0.05, 0) is 0 Å². The molecule has 0 bridgehead atoms. The zero-order valence-electron chi connectivity index (χ0n) is 1.80. The monoisotopic (exact) mass is 141 g/mol. The number of nitriles is 1. The first-order valence-electron chi connectivity index (χ1n) is 0.447. The molecule has 0 amide bonds. The average molecular weight is 139 g/mol. The first-order chi connectivity index (χ1) is 1.41. The van der Waals surface area contributed by atoms with Gasteiger partial charge in [-0.15, -0.1) is 0 Å². The van der Waals surface area contributed by atoms with Gasteiger partial charge in [0.2, 0.25) is 0 Å². The number of hydrogen-bond donors (Lipinski definition) is 1. The van der Waals surface area contributed by atoms with Crippen LogP contribution in [-0.2, 0) is 21.1 Å². The van der Waals surface area contributed by atoms with Crippen LogP contribution in [-0.4, -0.2) is 5.11 Å². The molecule has 2 nitrogen and oxygen atoms in total. The second kappa shape index (κ2) is 12.2. The van der Waals surface area contributed by atoms with Crippen molar-refractivity contribution in [1.29, 1.82) is 5.26 Å². The van der Waals surface area contributed by atoms with Crippen molar-refractivity contribution in [3.8, 4) is 6.26 Å². The van der Waals surface area contributed by atoms with E-state index in [0.717, 1.165) is 6.26 Å². The summed E-state index contributed by atoms with van der Waals surface area (Å²) in [7, 11) is 0. The summed E-state index contributed by atoms with van der Waals surface area (Å²) in [5.74, 6) is 0. The molecule has 0 saturated heterocycles. The fourth-order valence-corrected chi connectivity index (χ4v) is 0. The zero-order chi connectivity index (χ0) is 2.71. The van der Waals surface area contributed by atoms with Crippen LogP contribution in [0.4, 0.5) is 0 Å². The quantitative estimate of drug-likeness (QED) is 0.374. The van der Waals surface area contributed by atoms with Gasteiger partial charge in [0.1, 0.15) is 0 Å². The van der Waals surface area contributed by atoms with Gasteiger partial charge in [0.25, 0.3) is 6.26 Å². The van der Waals surface area contributed by atoms with Crippen LogP contribution in [0.3, 0.4) is 0 Å². The fourth-order valence-electron chi connectivity index (χ4n) is 0. The van der Waals surface area contributed by atoms with Crippen molar-refractivity contribution in [2.45, 2.75) is 0 Å². The van der Waals surface area contributed by atoms with Crippen LogP contribution < -0.4 is 0 Å². The van der Waals surface area contributed by atoms with Crippen molar-refractivity contribution >= 4 is 0 Å². The molecular formula is CHMoNO. The molecule has 0 rings (SSSR count). The van der Waals surface area contributed by atoms with Gasteiger partial charge in [0.15, 0.2) is 0 Å². The first kappa shape index (κ1) is 9.02. The Morgan fingerprint density at radius 3 is 1.75 bits per heavy atom. The van der Waals surface area contributed by atoms with Gasteiger partial charge >= 0.3 is 0 Å². The van der Waals surface area contributed by atoms with Crippen molar-refractivity contribution in [2.75, 3.05) is 0 Å². The van der Waals surface area contributed by atoms with E-state index in [1.54, 1.807) is 0 Å². The third-order valence-corrected chi connectivity index (χ3v) is 0. The van der Waals surface area contributed by atoms with Crippen LogP contribution in [0.15, 0.2) is 0 Å². The molecule has 0 aromatic rings. The smallest absolute Gasteiger partial charge is 0.283 e. The Morgan fingerprint density at radius 2 is 1.75 bits per heavy atom. The molecule has 0 aliphatic heterocycles. The first-order valence-corrected chi connectivity index (χ1v) is 0.447. The topological polar surface area (TPSA) is 44.0 Å². The summed E-state index contributed by atoms with van der Waals surface area (Å²) in [6.07, 6.45) is 0.750. The Morgan fingerprint density at radius 1 is 1.75 bits per heavy atom. The standard InChI is InChI=1S/CHNO.Mo/c2-1-3;/h3H;. The summed E-state index contributed by atoms with van der Waals surface area (Å²) in [6.45, 7) is 0. The van der Waals surface area contributed by atoms with Crippen molar-refractivity contribution in [2.24, 2.45) is 0 Å². The van der Waals surface area contributed by atoms with Crippen LogP contribution in [0.2, 0.25) is 0 Å². The molecule has 0 spiro atoms. The molecule has 1 N–H and O–H groups in total. The Hall–Kier alpha value is -0.0217. The molecule has 0 saturated carbocycles. The molecule has 0 aromatic carbocycles. The predicted molar refractivity (Wildman–Crippen MR) is 7.55 cm³/mol. The number of rotatable bonds is 0. The molecule has 0 aromatic heterocycles. The summed E-state index contributed by atoms with van der Waals surface area (Å²) < 4.78 is 0. The predicted octanol–water partition coefficient (Wildman–Crippen LogP) is -0.163. The van der Waals surface area contributed by atoms with Gasteiger partial charge in [-0.2, -0.15) is 5.26 Å². The van der Waals surface area contributed by atoms with E-state index in [4.69, 9.17) is 10.4 Å². The Labute approximate surface area is 38.3 Å². The zero-order valence-corrected chi connectivity index (χ0v) is 3.81. The maximum absolute atomic E-state index is 6.88. The van der Waals surface area contributed by atoms with Gasteiger partial charge in [0.05, 0.1) is 0 Å².